The third kappa shape index (κ3) is 6.18. The Bertz CT molecular complexity index is 1110. The van der Waals surface area contributed by atoms with Crippen molar-refractivity contribution in [3.8, 4) is 11.8 Å². The number of carbonyl (C=O) groups excluding carboxylic acids is 2. The van der Waals surface area contributed by atoms with E-state index in [9.17, 15) is 9.59 Å². The van der Waals surface area contributed by atoms with Crippen molar-refractivity contribution in [3.05, 3.63) is 28.5 Å². The molecule has 0 N–H and O–H groups in total. The first kappa shape index (κ1) is 26.4. The van der Waals surface area contributed by atoms with Gasteiger partial charge in [0.05, 0.1) is 23.7 Å². The number of ether oxygens (including phenoxy) is 1. The second-order valence-electron chi connectivity index (χ2n) is 11.3. The molecule has 4 rings (SSSR count). The largest absolute Gasteiger partial charge is 0.465 e. The van der Waals surface area contributed by atoms with Gasteiger partial charge in [0.15, 0.2) is 0 Å². The molecule has 1 amide bonds. The second-order valence-corrected chi connectivity index (χ2v) is 12.4. The van der Waals surface area contributed by atoms with Gasteiger partial charge >= 0.3 is 5.97 Å². The van der Waals surface area contributed by atoms with Crippen molar-refractivity contribution in [2.24, 2.45) is 17.3 Å². The van der Waals surface area contributed by atoms with Crippen LogP contribution in [0.15, 0.2) is 18.7 Å². The summed E-state index contributed by atoms with van der Waals surface area (Å²) in [5.41, 5.74) is 0.502. The van der Waals surface area contributed by atoms with Gasteiger partial charge in [-0.3, -0.25) is 4.79 Å². The van der Waals surface area contributed by atoms with E-state index in [0.29, 0.717) is 16.5 Å². The average Bonchev–Trinajstić information content (AvgIpc) is 3.54. The van der Waals surface area contributed by atoms with Crippen LogP contribution in [0.1, 0.15) is 99.7 Å². The lowest BCUT2D eigenvalue weighted by Gasteiger charge is -2.39. The molecule has 36 heavy (non-hydrogen) atoms. The average molecular weight is 511 g/mol. The fourth-order valence-corrected chi connectivity index (χ4v) is 6.22. The molecule has 2 fully saturated rings. The van der Waals surface area contributed by atoms with E-state index in [1.807, 2.05) is 15.6 Å². The van der Waals surface area contributed by atoms with E-state index < -0.39 is 5.97 Å². The molecule has 0 atom stereocenters. The Hall–Kier alpha value is -2.66. The quantitative estimate of drug-likeness (QED) is 0.372. The molecule has 2 aromatic rings. The number of esters is 1. The van der Waals surface area contributed by atoms with Gasteiger partial charge in [-0.1, -0.05) is 18.8 Å². The summed E-state index contributed by atoms with van der Waals surface area (Å²) in [6, 6.07) is 2.24. The fraction of sp³-hybridized carbons (Fsp3) is 0.643. The summed E-state index contributed by atoms with van der Waals surface area (Å²) < 4.78 is 7.07. The number of carbonyl (C=O) groups is 2. The van der Waals surface area contributed by atoms with Crippen LogP contribution in [0.4, 0.5) is 5.69 Å². The highest BCUT2D eigenvalue weighted by molar-refractivity contribution is 7.15. The van der Waals surface area contributed by atoms with Gasteiger partial charge < -0.3 is 9.64 Å². The van der Waals surface area contributed by atoms with E-state index in [1.165, 1.54) is 18.4 Å². The summed E-state index contributed by atoms with van der Waals surface area (Å²) in [5, 5.41) is 4.33. The van der Waals surface area contributed by atoms with Gasteiger partial charge in [-0.2, -0.15) is 5.10 Å². The van der Waals surface area contributed by atoms with Crippen LogP contribution in [-0.2, 0) is 9.53 Å². The number of nitrogens with zero attached hydrogens (tertiary/aromatic N) is 4. The van der Waals surface area contributed by atoms with Gasteiger partial charge in [0.25, 0.3) is 0 Å². The first-order chi connectivity index (χ1) is 17.2. The van der Waals surface area contributed by atoms with Gasteiger partial charge in [-0.25, -0.2) is 14.5 Å². The summed E-state index contributed by atoms with van der Waals surface area (Å²) in [7, 11) is 1.39. The third-order valence-corrected chi connectivity index (χ3v) is 8.37. The first-order valence-electron chi connectivity index (χ1n) is 13.1. The van der Waals surface area contributed by atoms with Crippen molar-refractivity contribution in [1.82, 2.24) is 14.8 Å². The van der Waals surface area contributed by atoms with Crippen molar-refractivity contribution in [2.45, 2.75) is 91.1 Å². The fourth-order valence-electron chi connectivity index (χ4n) is 5.30. The minimum Gasteiger partial charge on any atom is -0.465 e. The van der Waals surface area contributed by atoms with E-state index in [0.717, 1.165) is 56.2 Å². The van der Waals surface area contributed by atoms with Crippen molar-refractivity contribution < 1.29 is 14.3 Å². The van der Waals surface area contributed by atoms with Crippen LogP contribution in [0.5, 0.6) is 0 Å². The van der Waals surface area contributed by atoms with E-state index in [1.54, 1.807) is 12.7 Å². The van der Waals surface area contributed by atoms with Crippen molar-refractivity contribution >= 4 is 28.9 Å². The SMILES string of the molecule is COC(=O)c1sc(C#CC(C)(C)C)cc1N(C(=O)[C@H]1CC[C@H](C)CC1)C1CCC(n2cncn2)CC1. The van der Waals surface area contributed by atoms with Gasteiger partial charge in [0, 0.05) is 17.4 Å². The molecule has 0 radical (unpaired) electrons. The molecular formula is C28H38N4O3S. The summed E-state index contributed by atoms with van der Waals surface area (Å²) >= 11 is 1.32. The van der Waals surface area contributed by atoms with Crippen molar-refractivity contribution in [2.75, 3.05) is 12.0 Å². The number of rotatable bonds is 5. The second kappa shape index (κ2) is 11.2. The highest BCUT2D eigenvalue weighted by atomic mass is 32.1. The number of hydrogen-bond donors (Lipinski definition) is 0. The number of aromatic nitrogens is 3. The van der Waals surface area contributed by atoms with Crippen LogP contribution in [0.2, 0.25) is 0 Å². The molecule has 2 aliphatic rings. The molecule has 2 saturated carbocycles. The van der Waals surface area contributed by atoms with Crippen molar-refractivity contribution in [3.63, 3.8) is 0 Å². The predicted octanol–water partition coefficient (Wildman–Crippen LogP) is 5.87. The van der Waals surface area contributed by atoms with E-state index >= 15 is 0 Å². The topological polar surface area (TPSA) is 77.3 Å². The van der Waals surface area contributed by atoms with Crippen LogP contribution >= 0.6 is 11.3 Å². The molecule has 7 nitrogen and oxygen atoms in total. The highest BCUT2D eigenvalue weighted by Crippen LogP contribution is 2.40. The van der Waals surface area contributed by atoms with Gasteiger partial charge in [0.1, 0.15) is 17.5 Å². The molecule has 0 aromatic carbocycles. The van der Waals surface area contributed by atoms with Crippen LogP contribution < -0.4 is 4.90 Å². The summed E-state index contributed by atoms with van der Waals surface area (Å²) in [5.74, 6) is 6.88. The summed E-state index contributed by atoms with van der Waals surface area (Å²) in [6.45, 7) is 8.44. The Kier molecular flexibility index (Phi) is 8.19. The maximum absolute atomic E-state index is 14.1. The predicted molar refractivity (Wildman–Crippen MR) is 142 cm³/mol. The molecule has 0 unspecified atom stereocenters. The lowest BCUT2D eigenvalue weighted by Crippen LogP contribution is -2.46. The molecule has 2 heterocycles. The number of anilines is 1. The molecule has 2 aromatic heterocycles. The molecule has 194 valence electrons. The van der Waals surface area contributed by atoms with E-state index in [-0.39, 0.29) is 29.3 Å². The number of thiophene rings is 1. The zero-order valence-electron chi connectivity index (χ0n) is 22.1. The first-order valence-corrected chi connectivity index (χ1v) is 13.9. The smallest absolute Gasteiger partial charge is 0.350 e. The molecule has 0 bridgehead atoms. The molecule has 2 aliphatic carbocycles. The monoisotopic (exact) mass is 510 g/mol. The normalized spacial score (nSPS) is 24.5. The van der Waals surface area contributed by atoms with Crippen LogP contribution in [0.3, 0.4) is 0 Å². The maximum Gasteiger partial charge on any atom is 0.350 e. The number of amides is 1. The summed E-state index contributed by atoms with van der Waals surface area (Å²) in [4.78, 5) is 34.3. The Balaban J connectivity index is 1.68. The minimum atomic E-state index is -0.412. The molecule has 0 aliphatic heterocycles. The minimum absolute atomic E-state index is 0.0104. The Morgan fingerprint density at radius 2 is 1.81 bits per heavy atom. The lowest BCUT2D eigenvalue weighted by molar-refractivity contribution is -0.124. The van der Waals surface area contributed by atoms with Crippen LogP contribution in [0.25, 0.3) is 0 Å². The van der Waals surface area contributed by atoms with Gasteiger partial charge in [0.2, 0.25) is 5.91 Å². The van der Waals surface area contributed by atoms with Crippen LogP contribution in [0, 0.1) is 29.1 Å². The number of hydrogen-bond acceptors (Lipinski definition) is 6. The molecule has 0 spiro atoms. The van der Waals surface area contributed by atoms with Crippen molar-refractivity contribution in [1.29, 1.82) is 0 Å². The standard InChI is InChI=1S/C28H38N4O3S/c1-19-6-8-20(9-7-19)26(33)32(22-12-10-21(11-13-22)31-18-29-17-30-31)24-16-23(14-15-28(2,3)4)36-25(24)27(34)35-5/h16-22H,6-13H2,1-5H3/t19-,20-,21?,22?. The number of methoxy groups -OCH3 is 1. The van der Waals surface area contributed by atoms with Gasteiger partial charge in [-0.15, -0.1) is 11.3 Å². The zero-order valence-corrected chi connectivity index (χ0v) is 22.9. The van der Waals surface area contributed by atoms with Gasteiger partial charge in [-0.05, 0) is 84.1 Å². The van der Waals surface area contributed by atoms with E-state index in [2.05, 4.69) is 49.6 Å². The Morgan fingerprint density at radius 3 is 2.39 bits per heavy atom. The summed E-state index contributed by atoms with van der Waals surface area (Å²) in [6.07, 6.45) is 10.8. The third-order valence-electron chi connectivity index (χ3n) is 7.35. The van der Waals surface area contributed by atoms with Crippen LogP contribution in [-0.4, -0.2) is 39.8 Å². The molecule has 8 heteroatoms. The molecule has 0 saturated heterocycles. The lowest BCUT2D eigenvalue weighted by atomic mass is 9.81. The zero-order chi connectivity index (χ0) is 25.9. The Labute approximate surface area is 218 Å². The maximum atomic E-state index is 14.1. The highest BCUT2D eigenvalue weighted by Gasteiger charge is 2.38. The Morgan fingerprint density at radius 1 is 1.11 bits per heavy atom. The molecular weight excluding hydrogens is 472 g/mol. The van der Waals surface area contributed by atoms with E-state index in [4.69, 9.17) is 4.74 Å².